The quantitative estimate of drug-likeness (QED) is 0.681. The lowest BCUT2D eigenvalue weighted by molar-refractivity contribution is -0.120. The van der Waals surface area contributed by atoms with E-state index in [1.54, 1.807) is 0 Å². The van der Waals surface area contributed by atoms with Crippen LogP contribution in [0, 0.1) is 0 Å². The lowest BCUT2D eigenvalue weighted by atomic mass is 10.2. The Labute approximate surface area is 99.6 Å². The summed E-state index contributed by atoms with van der Waals surface area (Å²) in [4.78, 5) is 26.7. The summed E-state index contributed by atoms with van der Waals surface area (Å²) in [7, 11) is 0. The van der Waals surface area contributed by atoms with Crippen molar-refractivity contribution in [1.29, 1.82) is 0 Å². The largest absolute Gasteiger partial charge is 0.384 e. The number of carbonyl (C=O) groups is 2. The van der Waals surface area contributed by atoms with Gasteiger partial charge < -0.3 is 16.4 Å². The normalized spacial score (nSPS) is 10.1. The van der Waals surface area contributed by atoms with Crippen molar-refractivity contribution in [3.05, 3.63) is 23.9 Å². The van der Waals surface area contributed by atoms with Gasteiger partial charge in [-0.15, -0.1) is 0 Å². The predicted octanol–water partition coefficient (Wildman–Crippen LogP) is -0.0818. The van der Waals surface area contributed by atoms with Crippen molar-refractivity contribution < 1.29 is 9.59 Å². The molecule has 1 rings (SSSR count). The molecule has 1 heterocycles. The van der Waals surface area contributed by atoms with Crippen LogP contribution in [0.3, 0.4) is 0 Å². The summed E-state index contributed by atoms with van der Waals surface area (Å²) in [6, 6.07) is 3.04. The predicted molar refractivity (Wildman–Crippen MR) is 64.3 cm³/mol. The highest BCUT2D eigenvalue weighted by Gasteiger charge is 2.08. The third-order valence-electron chi connectivity index (χ3n) is 1.90. The average molecular weight is 236 g/mol. The highest BCUT2D eigenvalue weighted by Crippen LogP contribution is 2.02. The van der Waals surface area contributed by atoms with E-state index in [2.05, 4.69) is 15.6 Å². The minimum atomic E-state index is -0.349. The molecule has 0 aliphatic carbocycles. The highest BCUT2D eigenvalue weighted by atomic mass is 16.2. The number of hydrogen-bond donors (Lipinski definition) is 3. The molecule has 0 aliphatic heterocycles. The van der Waals surface area contributed by atoms with Gasteiger partial charge in [0.15, 0.2) is 0 Å². The van der Waals surface area contributed by atoms with Crippen molar-refractivity contribution in [2.45, 2.75) is 19.9 Å². The summed E-state index contributed by atoms with van der Waals surface area (Å²) < 4.78 is 0. The molecule has 0 saturated carbocycles. The Balaban J connectivity index is 2.48. The Morgan fingerprint density at radius 2 is 2.18 bits per heavy atom. The summed E-state index contributed by atoms with van der Waals surface area (Å²) >= 11 is 0. The number of carbonyl (C=O) groups excluding carboxylic acids is 2. The third-order valence-corrected chi connectivity index (χ3v) is 1.90. The molecular weight excluding hydrogens is 220 g/mol. The number of nitrogens with one attached hydrogen (secondary N) is 2. The zero-order valence-electron chi connectivity index (χ0n) is 9.86. The van der Waals surface area contributed by atoms with E-state index in [9.17, 15) is 9.59 Å². The van der Waals surface area contributed by atoms with Gasteiger partial charge in [0.05, 0.1) is 6.54 Å². The SMILES string of the molecule is CC(C)NC(=O)CNC(=O)c1ccnc(N)c1. The van der Waals surface area contributed by atoms with Gasteiger partial charge >= 0.3 is 0 Å². The van der Waals surface area contributed by atoms with Crippen LogP contribution in [-0.4, -0.2) is 29.4 Å². The van der Waals surface area contributed by atoms with Crippen LogP contribution < -0.4 is 16.4 Å². The van der Waals surface area contributed by atoms with Crippen LogP contribution in [0.2, 0.25) is 0 Å². The molecule has 1 aromatic heterocycles. The number of pyridine rings is 1. The van der Waals surface area contributed by atoms with E-state index in [0.717, 1.165) is 0 Å². The maximum Gasteiger partial charge on any atom is 0.251 e. The van der Waals surface area contributed by atoms with Crippen molar-refractivity contribution in [3.8, 4) is 0 Å². The molecule has 0 bridgehead atoms. The van der Waals surface area contributed by atoms with Crippen molar-refractivity contribution in [3.63, 3.8) is 0 Å². The van der Waals surface area contributed by atoms with E-state index in [0.29, 0.717) is 5.56 Å². The first-order valence-corrected chi connectivity index (χ1v) is 5.28. The average Bonchev–Trinajstić information content (AvgIpc) is 2.25. The van der Waals surface area contributed by atoms with Crippen LogP contribution in [0.4, 0.5) is 5.82 Å². The summed E-state index contributed by atoms with van der Waals surface area (Å²) in [6.07, 6.45) is 1.44. The van der Waals surface area contributed by atoms with Crippen LogP contribution in [0.5, 0.6) is 0 Å². The fourth-order valence-electron chi connectivity index (χ4n) is 1.23. The molecule has 0 aliphatic rings. The first kappa shape index (κ1) is 13.0. The molecule has 17 heavy (non-hydrogen) atoms. The maximum atomic E-state index is 11.6. The van der Waals surface area contributed by atoms with Crippen molar-refractivity contribution >= 4 is 17.6 Å². The number of nitrogens with two attached hydrogens (primary N) is 1. The van der Waals surface area contributed by atoms with E-state index in [-0.39, 0.29) is 30.2 Å². The van der Waals surface area contributed by atoms with Crippen molar-refractivity contribution in [2.75, 3.05) is 12.3 Å². The Hall–Kier alpha value is -2.11. The summed E-state index contributed by atoms with van der Waals surface area (Å²) in [6.45, 7) is 3.64. The number of nitrogen functional groups attached to an aromatic ring is 1. The first-order valence-electron chi connectivity index (χ1n) is 5.28. The summed E-state index contributed by atoms with van der Waals surface area (Å²) in [5.41, 5.74) is 5.83. The Bertz CT molecular complexity index is 418. The van der Waals surface area contributed by atoms with Crippen LogP contribution in [0.25, 0.3) is 0 Å². The molecular formula is C11H16N4O2. The minimum absolute atomic E-state index is 0.0518. The molecule has 0 aromatic carbocycles. The zero-order valence-corrected chi connectivity index (χ0v) is 9.86. The lowest BCUT2D eigenvalue weighted by Gasteiger charge is -2.09. The van der Waals surface area contributed by atoms with E-state index < -0.39 is 0 Å². The molecule has 0 saturated heterocycles. The molecule has 0 atom stereocenters. The Morgan fingerprint density at radius 3 is 2.76 bits per heavy atom. The minimum Gasteiger partial charge on any atom is -0.384 e. The molecule has 0 fully saturated rings. The number of rotatable bonds is 4. The lowest BCUT2D eigenvalue weighted by Crippen LogP contribution is -2.39. The molecule has 1 aromatic rings. The van der Waals surface area contributed by atoms with Gasteiger partial charge in [0.25, 0.3) is 5.91 Å². The van der Waals surface area contributed by atoms with Gasteiger partial charge in [0.2, 0.25) is 5.91 Å². The van der Waals surface area contributed by atoms with Gasteiger partial charge in [-0.3, -0.25) is 9.59 Å². The van der Waals surface area contributed by atoms with Gasteiger partial charge in [0.1, 0.15) is 5.82 Å². The van der Waals surface area contributed by atoms with E-state index in [1.165, 1.54) is 18.3 Å². The molecule has 0 radical (unpaired) electrons. The molecule has 2 amide bonds. The van der Waals surface area contributed by atoms with Crippen LogP contribution in [0.1, 0.15) is 24.2 Å². The van der Waals surface area contributed by atoms with Crippen LogP contribution >= 0.6 is 0 Å². The topological polar surface area (TPSA) is 97.1 Å². The second-order valence-corrected chi connectivity index (χ2v) is 3.87. The highest BCUT2D eigenvalue weighted by molar-refractivity contribution is 5.96. The van der Waals surface area contributed by atoms with E-state index in [4.69, 9.17) is 5.73 Å². The number of amides is 2. The van der Waals surface area contributed by atoms with E-state index >= 15 is 0 Å². The first-order chi connectivity index (χ1) is 7.99. The van der Waals surface area contributed by atoms with Gasteiger partial charge in [-0.25, -0.2) is 4.98 Å². The van der Waals surface area contributed by atoms with Crippen molar-refractivity contribution in [2.24, 2.45) is 0 Å². The molecule has 0 unspecified atom stereocenters. The number of hydrogen-bond acceptors (Lipinski definition) is 4. The summed E-state index contributed by atoms with van der Waals surface area (Å²) in [5, 5.41) is 5.17. The van der Waals surface area contributed by atoms with Gasteiger partial charge in [-0.05, 0) is 26.0 Å². The molecule has 6 nitrogen and oxygen atoms in total. The smallest absolute Gasteiger partial charge is 0.251 e. The Morgan fingerprint density at radius 1 is 1.47 bits per heavy atom. The number of nitrogens with zero attached hydrogens (tertiary/aromatic N) is 1. The maximum absolute atomic E-state index is 11.6. The monoisotopic (exact) mass is 236 g/mol. The van der Waals surface area contributed by atoms with Crippen LogP contribution in [0.15, 0.2) is 18.3 Å². The Kier molecular flexibility index (Phi) is 4.45. The second kappa shape index (κ2) is 5.83. The third kappa shape index (κ3) is 4.50. The molecule has 4 N–H and O–H groups in total. The van der Waals surface area contributed by atoms with Gasteiger partial charge in [-0.1, -0.05) is 0 Å². The fourth-order valence-corrected chi connectivity index (χ4v) is 1.23. The van der Waals surface area contributed by atoms with E-state index in [1.807, 2.05) is 13.8 Å². The summed E-state index contributed by atoms with van der Waals surface area (Å²) in [5.74, 6) is -0.308. The standard InChI is InChI=1S/C11H16N4O2/c1-7(2)15-10(16)6-14-11(17)8-3-4-13-9(12)5-8/h3-5,7H,6H2,1-2H3,(H2,12,13)(H,14,17)(H,15,16). The fraction of sp³-hybridized carbons (Fsp3) is 0.364. The second-order valence-electron chi connectivity index (χ2n) is 3.87. The van der Waals surface area contributed by atoms with Gasteiger partial charge in [0, 0.05) is 17.8 Å². The van der Waals surface area contributed by atoms with Gasteiger partial charge in [-0.2, -0.15) is 0 Å². The van der Waals surface area contributed by atoms with Crippen molar-refractivity contribution in [1.82, 2.24) is 15.6 Å². The molecule has 92 valence electrons. The molecule has 0 spiro atoms. The van der Waals surface area contributed by atoms with Crippen LogP contribution in [-0.2, 0) is 4.79 Å². The number of anilines is 1. The molecule has 6 heteroatoms. The zero-order chi connectivity index (χ0) is 12.8. The number of aromatic nitrogens is 1.